The smallest absolute Gasteiger partial charge is 0.298 e. The molecule has 1 fully saturated rings. The van der Waals surface area contributed by atoms with Gasteiger partial charge in [-0.05, 0) is 18.6 Å². The Labute approximate surface area is 126 Å². The Balaban J connectivity index is 1.99. The van der Waals surface area contributed by atoms with Crippen molar-refractivity contribution < 1.29 is 14.3 Å². The summed E-state index contributed by atoms with van der Waals surface area (Å²) in [5.74, 6) is 0. The highest BCUT2D eigenvalue weighted by atomic mass is 35.5. The molecule has 1 aromatic carbocycles. The number of halogens is 2. The molecule has 0 radical (unpaired) electrons. The Morgan fingerprint density at radius 3 is 3.00 bits per heavy atom. The van der Waals surface area contributed by atoms with Crippen LogP contribution < -0.4 is 4.90 Å². The molecule has 1 N–H and O–H groups in total. The minimum absolute atomic E-state index is 0.0209. The molecular formula is C13H14Cl2N2O3. The van der Waals surface area contributed by atoms with Crippen LogP contribution in [0, 0.1) is 0 Å². The van der Waals surface area contributed by atoms with Gasteiger partial charge < -0.3 is 19.2 Å². The number of aliphatic hydroxyl groups excluding tert-OH is 1. The molecule has 0 spiro atoms. The maximum absolute atomic E-state index is 9.47. The number of rotatable bonds is 3. The van der Waals surface area contributed by atoms with E-state index in [9.17, 15) is 5.11 Å². The zero-order chi connectivity index (χ0) is 14.3. The van der Waals surface area contributed by atoms with E-state index in [-0.39, 0.29) is 18.8 Å². The molecule has 0 saturated carbocycles. The third kappa shape index (κ3) is 2.35. The Morgan fingerprint density at radius 2 is 2.30 bits per heavy atom. The van der Waals surface area contributed by atoms with Gasteiger partial charge in [-0.25, -0.2) is 0 Å². The van der Waals surface area contributed by atoms with Crippen LogP contribution in [0.5, 0.6) is 0 Å². The lowest BCUT2D eigenvalue weighted by molar-refractivity contribution is 0.115. The molecule has 2 atom stereocenters. The first-order valence-corrected chi connectivity index (χ1v) is 7.04. The molecule has 20 heavy (non-hydrogen) atoms. The van der Waals surface area contributed by atoms with Crippen molar-refractivity contribution in [1.29, 1.82) is 0 Å². The molecule has 1 aliphatic heterocycles. The highest BCUT2D eigenvalue weighted by Crippen LogP contribution is 2.34. The van der Waals surface area contributed by atoms with Crippen LogP contribution in [0.15, 0.2) is 16.5 Å². The summed E-state index contributed by atoms with van der Waals surface area (Å²) < 4.78 is 11.1. The number of aromatic nitrogens is 1. The van der Waals surface area contributed by atoms with Crippen LogP contribution in [0.1, 0.15) is 6.42 Å². The van der Waals surface area contributed by atoms with Gasteiger partial charge in [0, 0.05) is 18.7 Å². The van der Waals surface area contributed by atoms with Crippen LogP contribution in [0.25, 0.3) is 11.1 Å². The fraction of sp³-hybridized carbons (Fsp3) is 0.462. The molecule has 0 aliphatic carbocycles. The average molecular weight is 317 g/mol. The van der Waals surface area contributed by atoms with E-state index in [0.29, 0.717) is 33.7 Å². The summed E-state index contributed by atoms with van der Waals surface area (Å²) in [6, 6.07) is 3.68. The summed E-state index contributed by atoms with van der Waals surface area (Å²) >= 11 is 12.1. The van der Waals surface area contributed by atoms with Gasteiger partial charge in [0.15, 0.2) is 5.58 Å². The molecule has 0 unspecified atom stereocenters. The van der Waals surface area contributed by atoms with Crippen molar-refractivity contribution in [2.45, 2.75) is 18.6 Å². The molecule has 5 nitrogen and oxygen atoms in total. The van der Waals surface area contributed by atoms with Crippen molar-refractivity contribution in [2.24, 2.45) is 0 Å². The second-order valence-electron chi connectivity index (χ2n) is 4.81. The van der Waals surface area contributed by atoms with Crippen molar-refractivity contribution in [3.8, 4) is 0 Å². The number of hydrogen-bond donors (Lipinski definition) is 1. The summed E-state index contributed by atoms with van der Waals surface area (Å²) in [7, 11) is 1.66. The van der Waals surface area contributed by atoms with Crippen LogP contribution in [0.3, 0.4) is 0 Å². The zero-order valence-electron chi connectivity index (χ0n) is 10.8. The van der Waals surface area contributed by atoms with E-state index in [1.165, 1.54) is 0 Å². The molecule has 108 valence electrons. The van der Waals surface area contributed by atoms with Crippen molar-refractivity contribution in [2.75, 3.05) is 25.2 Å². The number of fused-ring (bicyclic) bond motifs is 1. The monoisotopic (exact) mass is 316 g/mol. The molecule has 7 heteroatoms. The third-order valence-electron chi connectivity index (χ3n) is 3.56. The minimum Gasteiger partial charge on any atom is -0.422 e. The fourth-order valence-corrected chi connectivity index (χ4v) is 3.04. The van der Waals surface area contributed by atoms with Crippen molar-refractivity contribution in [1.82, 2.24) is 4.98 Å². The molecule has 1 aromatic heterocycles. The topological polar surface area (TPSA) is 58.7 Å². The van der Waals surface area contributed by atoms with E-state index < -0.39 is 0 Å². The SMILES string of the molecule is CO[C@@H]1C[C@@H](CO)N(c2nc3cc(Cl)cc(Cl)c3o2)C1. The Kier molecular flexibility index (Phi) is 3.77. The summed E-state index contributed by atoms with van der Waals surface area (Å²) in [4.78, 5) is 6.31. The first kappa shape index (κ1) is 13.9. The second kappa shape index (κ2) is 5.41. The van der Waals surface area contributed by atoms with E-state index in [2.05, 4.69) is 4.98 Å². The normalized spacial score (nSPS) is 22.9. The van der Waals surface area contributed by atoms with Crippen molar-refractivity contribution in [3.63, 3.8) is 0 Å². The average Bonchev–Trinajstić information content (AvgIpc) is 3.01. The summed E-state index contributed by atoms with van der Waals surface area (Å²) in [6.07, 6.45) is 0.793. The van der Waals surface area contributed by atoms with Crippen molar-refractivity contribution in [3.05, 3.63) is 22.2 Å². The number of benzene rings is 1. The molecule has 0 amide bonds. The maximum Gasteiger partial charge on any atom is 0.298 e. The predicted octanol–water partition coefficient (Wildman–Crippen LogP) is 2.72. The number of methoxy groups -OCH3 is 1. The lowest BCUT2D eigenvalue weighted by Crippen LogP contribution is -2.32. The van der Waals surface area contributed by atoms with Gasteiger partial charge in [-0.2, -0.15) is 4.98 Å². The van der Waals surface area contributed by atoms with Crippen LogP contribution in [0.4, 0.5) is 6.01 Å². The molecule has 2 heterocycles. The van der Waals surface area contributed by atoms with Crippen LogP contribution in [0.2, 0.25) is 10.0 Å². The van der Waals surface area contributed by atoms with Gasteiger partial charge in [0.2, 0.25) is 0 Å². The molecule has 3 rings (SSSR count). The van der Waals surface area contributed by atoms with Gasteiger partial charge in [0.05, 0.1) is 23.8 Å². The number of oxazole rings is 1. The molecule has 2 aromatic rings. The minimum atomic E-state index is -0.0674. The highest BCUT2D eigenvalue weighted by molar-refractivity contribution is 6.38. The molecule has 0 bridgehead atoms. The van der Waals surface area contributed by atoms with Crippen LogP contribution in [-0.2, 0) is 4.74 Å². The van der Waals surface area contributed by atoms with E-state index in [4.69, 9.17) is 32.4 Å². The van der Waals surface area contributed by atoms with E-state index in [1.54, 1.807) is 19.2 Å². The van der Waals surface area contributed by atoms with E-state index in [0.717, 1.165) is 6.42 Å². The highest BCUT2D eigenvalue weighted by Gasteiger charge is 2.34. The molecule has 1 aliphatic rings. The summed E-state index contributed by atoms with van der Waals surface area (Å²) in [5, 5.41) is 10.4. The quantitative estimate of drug-likeness (QED) is 0.943. The van der Waals surface area contributed by atoms with E-state index in [1.807, 2.05) is 4.90 Å². The maximum atomic E-state index is 9.47. The lowest BCUT2D eigenvalue weighted by Gasteiger charge is -2.19. The van der Waals surface area contributed by atoms with Gasteiger partial charge in [0.25, 0.3) is 6.01 Å². The van der Waals surface area contributed by atoms with Gasteiger partial charge >= 0.3 is 0 Å². The zero-order valence-corrected chi connectivity index (χ0v) is 12.4. The van der Waals surface area contributed by atoms with Gasteiger partial charge in [-0.15, -0.1) is 0 Å². The van der Waals surface area contributed by atoms with Crippen LogP contribution in [-0.4, -0.2) is 42.5 Å². The largest absolute Gasteiger partial charge is 0.422 e. The number of hydrogen-bond acceptors (Lipinski definition) is 5. The first-order valence-electron chi connectivity index (χ1n) is 6.28. The molecular weight excluding hydrogens is 303 g/mol. The van der Waals surface area contributed by atoms with E-state index >= 15 is 0 Å². The Bertz CT molecular complexity index is 631. The van der Waals surface area contributed by atoms with Gasteiger partial charge in [-0.1, -0.05) is 23.2 Å². The second-order valence-corrected chi connectivity index (χ2v) is 5.66. The van der Waals surface area contributed by atoms with Crippen LogP contribution >= 0.6 is 23.2 Å². The summed E-state index contributed by atoms with van der Waals surface area (Å²) in [6.45, 7) is 0.646. The number of ether oxygens (including phenoxy) is 1. The molecule has 1 saturated heterocycles. The Morgan fingerprint density at radius 1 is 1.50 bits per heavy atom. The first-order chi connectivity index (χ1) is 9.62. The third-order valence-corrected chi connectivity index (χ3v) is 4.06. The lowest BCUT2D eigenvalue weighted by atomic mass is 10.2. The van der Waals surface area contributed by atoms with Gasteiger partial charge in [-0.3, -0.25) is 0 Å². The Hall–Kier alpha value is -1.01. The number of anilines is 1. The van der Waals surface area contributed by atoms with Crippen molar-refractivity contribution >= 4 is 40.3 Å². The standard InChI is InChI=1S/C13H14Cl2N2O3/c1-19-9-4-8(6-18)17(5-9)13-16-11-3-7(14)2-10(15)12(11)20-13/h2-3,8-9,18H,4-6H2,1H3/t8-,9+/m0/s1. The fourth-order valence-electron chi connectivity index (χ4n) is 2.52. The predicted molar refractivity (Wildman–Crippen MR) is 77.7 cm³/mol. The summed E-state index contributed by atoms with van der Waals surface area (Å²) in [5.41, 5.74) is 1.11. The van der Waals surface area contributed by atoms with Gasteiger partial charge in [0.1, 0.15) is 5.52 Å². The number of nitrogens with zero attached hydrogens (tertiary/aromatic N) is 2. The number of aliphatic hydroxyl groups is 1.